The molecule has 412 valence electrons. The zero-order chi connectivity index (χ0) is 58.3. The van der Waals surface area contributed by atoms with Crippen LogP contribution in [0.3, 0.4) is 0 Å². The van der Waals surface area contributed by atoms with Crippen LogP contribution < -0.4 is 0 Å². The van der Waals surface area contributed by atoms with Gasteiger partial charge >= 0.3 is 0 Å². The molecular weight excluding hydrogens is 1170 g/mol. The molecule has 0 aliphatic heterocycles. The Balaban J connectivity index is 0.991. The van der Waals surface area contributed by atoms with Crippen LogP contribution in [0.4, 0.5) is 45.5 Å². The third-order valence-electron chi connectivity index (χ3n) is 11.4. The molecule has 6 N–H and O–H groups in total. The van der Waals surface area contributed by atoms with Crippen molar-refractivity contribution in [2.45, 2.75) is 43.2 Å². The average Bonchev–Trinajstić information content (AvgIpc) is 3.36. The zero-order valence-corrected chi connectivity index (χ0v) is 45.4. The van der Waals surface area contributed by atoms with Gasteiger partial charge in [-0.05, 0) is 133 Å². The number of aryl methyl sites for hydroxylation is 2. The van der Waals surface area contributed by atoms with Gasteiger partial charge in [0.05, 0.1) is 45.5 Å². The van der Waals surface area contributed by atoms with Gasteiger partial charge in [0.1, 0.15) is 29.4 Å². The SMILES string of the molecule is Cc1cc(N=Nc2ccc(C=Cc3ccc(N=Nc4ccc(N=Nc5cc(S(=O)(=O)O)c6cccc(S(=O)(=O)O)c6c5)c(C)c4)cc3S(=O)(=O)O)c(S(=O)(=O)O)c2)ccc1N=Nc1cc(S(=O)(=O)O)c2cccc(S(=O)(=O)O)c2c1. The van der Waals surface area contributed by atoms with E-state index in [1.165, 1.54) is 84.9 Å². The monoisotopic (exact) mass is 1200 g/mol. The van der Waals surface area contributed by atoms with Crippen molar-refractivity contribution < 1.29 is 77.8 Å². The Morgan fingerprint density at radius 3 is 0.887 bits per heavy atom. The lowest BCUT2D eigenvalue weighted by Gasteiger charge is -2.09. The number of rotatable bonds is 16. The molecule has 80 heavy (non-hydrogen) atoms. The predicted molar refractivity (Wildman–Crippen MR) is 288 cm³/mol. The summed E-state index contributed by atoms with van der Waals surface area (Å²) in [6.45, 7) is 3.19. The summed E-state index contributed by atoms with van der Waals surface area (Å²) >= 11 is 0. The molecule has 0 amide bonds. The molecule has 8 aromatic carbocycles. The Kier molecular flexibility index (Phi) is 15.8. The first kappa shape index (κ1) is 58.0. The summed E-state index contributed by atoms with van der Waals surface area (Å²) in [5.74, 6) is 0. The van der Waals surface area contributed by atoms with Crippen LogP contribution >= 0.6 is 0 Å². The lowest BCUT2D eigenvalue weighted by molar-refractivity contribution is 0.480. The molecule has 0 aromatic heterocycles. The van der Waals surface area contributed by atoms with Crippen LogP contribution in [0.15, 0.2) is 204 Å². The maximum absolute atomic E-state index is 12.6. The van der Waals surface area contributed by atoms with Gasteiger partial charge in [0.25, 0.3) is 60.7 Å². The molecule has 0 aliphatic carbocycles. The zero-order valence-electron chi connectivity index (χ0n) is 40.5. The summed E-state index contributed by atoms with van der Waals surface area (Å²) in [5, 5.41) is 31.6. The lowest BCUT2D eigenvalue weighted by Crippen LogP contribution is -2.03. The van der Waals surface area contributed by atoms with E-state index in [9.17, 15) is 77.8 Å². The normalized spacial score (nSPS) is 13.3. The van der Waals surface area contributed by atoms with Gasteiger partial charge in [-0.1, -0.05) is 48.6 Å². The third-order valence-corrected chi connectivity index (χ3v) is 16.8. The molecule has 32 heteroatoms. The molecular formula is C48H36N8O18S6. The van der Waals surface area contributed by atoms with Crippen LogP contribution in [0.5, 0.6) is 0 Å². The fraction of sp³-hybridized carbons (Fsp3) is 0.0417. The van der Waals surface area contributed by atoms with Gasteiger partial charge in [0.15, 0.2) is 0 Å². The van der Waals surface area contributed by atoms with Crippen molar-refractivity contribution in [1.29, 1.82) is 0 Å². The number of hydrogen-bond donors (Lipinski definition) is 6. The van der Waals surface area contributed by atoms with Crippen LogP contribution in [-0.4, -0.2) is 77.8 Å². The van der Waals surface area contributed by atoms with Gasteiger partial charge in [0, 0.05) is 21.5 Å². The first-order valence-corrected chi connectivity index (χ1v) is 30.7. The van der Waals surface area contributed by atoms with E-state index in [-0.39, 0.29) is 78.2 Å². The summed E-state index contributed by atoms with van der Waals surface area (Å²) in [6.07, 6.45) is 2.29. The molecule has 0 fully saturated rings. The van der Waals surface area contributed by atoms with Crippen LogP contribution in [0, 0.1) is 13.8 Å². The van der Waals surface area contributed by atoms with E-state index in [0.717, 1.165) is 60.7 Å². The van der Waals surface area contributed by atoms with Crippen molar-refractivity contribution in [3.05, 3.63) is 156 Å². The Labute approximate surface area is 454 Å². The third kappa shape index (κ3) is 13.5. The highest BCUT2D eigenvalue weighted by Crippen LogP contribution is 2.38. The molecule has 8 aromatic rings. The second kappa shape index (κ2) is 21.8. The van der Waals surface area contributed by atoms with Crippen molar-refractivity contribution >= 4 is 140 Å². The Morgan fingerprint density at radius 1 is 0.287 bits per heavy atom. The van der Waals surface area contributed by atoms with Crippen LogP contribution in [0.25, 0.3) is 33.7 Å². The van der Waals surface area contributed by atoms with Crippen molar-refractivity contribution in [2.75, 3.05) is 0 Å². The van der Waals surface area contributed by atoms with Crippen molar-refractivity contribution in [1.82, 2.24) is 0 Å². The van der Waals surface area contributed by atoms with E-state index in [1.54, 1.807) is 13.8 Å². The Bertz CT molecular complexity index is 4500. The van der Waals surface area contributed by atoms with Crippen molar-refractivity contribution in [2.24, 2.45) is 40.9 Å². The molecule has 0 unspecified atom stereocenters. The van der Waals surface area contributed by atoms with E-state index in [4.69, 9.17) is 0 Å². The standard InChI is InChI=1S/C48H36N8O18S6/c1-27-19-31(15-17-41(27)55-53-35-21-39-37(47(25-35)79(69,70)71)5-3-7-43(39)75(57,58)59)49-51-33-13-11-29(45(23-33)77(63,64)65)9-10-30-12-14-34(24-46(30)78(66,67)68)52-50-32-16-18-42(28(2)20-32)56-54-36-22-40-38(48(26-36)80(72,73)74)6-4-8-44(40)76(60,61)62/h3-26H,1-2H3,(H,57,58,59)(H,60,61,62)(H,63,64,65)(H,66,67,68)(H,69,70,71)(H,72,73,74). The lowest BCUT2D eigenvalue weighted by atomic mass is 10.1. The minimum Gasteiger partial charge on any atom is -0.282 e. The highest BCUT2D eigenvalue weighted by molar-refractivity contribution is 7.87. The number of azo groups is 4. The van der Waals surface area contributed by atoms with Gasteiger partial charge in [-0.2, -0.15) is 91.4 Å². The number of hydrogen-bond acceptors (Lipinski definition) is 20. The van der Waals surface area contributed by atoms with Crippen molar-refractivity contribution in [3.63, 3.8) is 0 Å². The predicted octanol–water partition coefficient (Wildman–Crippen LogP) is 11.9. The molecule has 0 atom stereocenters. The highest BCUT2D eigenvalue weighted by atomic mass is 32.2. The average molecular weight is 1210 g/mol. The van der Waals surface area contributed by atoms with E-state index < -0.39 is 90.1 Å². The molecule has 0 saturated heterocycles. The second-order valence-electron chi connectivity index (χ2n) is 17.0. The molecule has 0 bridgehead atoms. The maximum Gasteiger partial charge on any atom is 0.295 e. The number of nitrogens with zero attached hydrogens (tertiary/aromatic N) is 8. The van der Waals surface area contributed by atoms with Gasteiger partial charge in [-0.15, -0.1) is 0 Å². The summed E-state index contributed by atoms with van der Waals surface area (Å²) in [5.41, 5.74) is 0.933. The molecule has 8 rings (SSSR count). The fourth-order valence-corrected chi connectivity index (χ4v) is 12.0. The Hall–Kier alpha value is -8.12. The molecule has 0 saturated carbocycles. The van der Waals surface area contributed by atoms with Crippen LogP contribution in [0.1, 0.15) is 22.3 Å². The molecule has 0 radical (unpaired) electrons. The largest absolute Gasteiger partial charge is 0.295 e. The summed E-state index contributed by atoms with van der Waals surface area (Å²) in [4.78, 5) is -3.99. The van der Waals surface area contributed by atoms with Crippen LogP contribution in [-0.2, 0) is 60.7 Å². The van der Waals surface area contributed by atoms with E-state index in [2.05, 4.69) is 40.9 Å². The summed E-state index contributed by atoms with van der Waals surface area (Å²) in [7, 11) is -29.4. The van der Waals surface area contributed by atoms with E-state index in [1.807, 2.05) is 0 Å². The minimum atomic E-state index is -4.96. The highest BCUT2D eigenvalue weighted by Gasteiger charge is 2.24. The molecule has 0 aliphatic rings. The number of fused-ring (bicyclic) bond motifs is 2. The summed E-state index contributed by atoms with van der Waals surface area (Å²) in [6, 6.07) is 26.9. The quantitative estimate of drug-likeness (QED) is 0.0297. The van der Waals surface area contributed by atoms with E-state index >= 15 is 0 Å². The summed E-state index contributed by atoms with van der Waals surface area (Å²) < 4.78 is 207. The fourth-order valence-electron chi connectivity index (χ4n) is 7.77. The minimum absolute atomic E-state index is 0.0639. The molecule has 0 heterocycles. The maximum atomic E-state index is 12.6. The van der Waals surface area contributed by atoms with Crippen LogP contribution in [0.2, 0.25) is 0 Å². The number of benzene rings is 8. The topological polar surface area (TPSA) is 425 Å². The first-order valence-electron chi connectivity index (χ1n) is 22.1. The molecule has 0 spiro atoms. The molecule has 26 nitrogen and oxygen atoms in total. The van der Waals surface area contributed by atoms with E-state index in [0.29, 0.717) is 11.1 Å². The van der Waals surface area contributed by atoms with Crippen molar-refractivity contribution in [3.8, 4) is 0 Å². The second-order valence-corrected chi connectivity index (χ2v) is 25.3. The van der Waals surface area contributed by atoms with Gasteiger partial charge in [-0.3, -0.25) is 27.3 Å². The Morgan fingerprint density at radius 2 is 0.575 bits per heavy atom. The smallest absolute Gasteiger partial charge is 0.282 e. The van der Waals surface area contributed by atoms with Gasteiger partial charge in [-0.25, -0.2) is 0 Å². The van der Waals surface area contributed by atoms with Gasteiger partial charge < -0.3 is 0 Å². The first-order chi connectivity index (χ1) is 37.2. The van der Waals surface area contributed by atoms with Gasteiger partial charge in [0.2, 0.25) is 0 Å².